The van der Waals surface area contributed by atoms with Gasteiger partial charge in [0.15, 0.2) is 5.13 Å². The Hall–Kier alpha value is -1.95. The first-order valence-electron chi connectivity index (χ1n) is 5.76. The summed E-state index contributed by atoms with van der Waals surface area (Å²) in [5.41, 5.74) is 2.30. The third-order valence-electron chi connectivity index (χ3n) is 2.63. The van der Waals surface area contributed by atoms with Crippen LogP contribution in [0.5, 0.6) is 0 Å². The topological polar surface area (TPSA) is 55.6 Å². The molecule has 6 heteroatoms. The Morgan fingerprint density at radius 3 is 3.17 bits per heavy atom. The van der Waals surface area contributed by atoms with Crippen LogP contribution in [0.25, 0.3) is 10.2 Å². The zero-order chi connectivity index (χ0) is 12.4. The van der Waals surface area contributed by atoms with E-state index in [4.69, 9.17) is 0 Å². The van der Waals surface area contributed by atoms with Crippen LogP contribution in [0.2, 0.25) is 0 Å². The third-order valence-corrected chi connectivity index (χ3v) is 3.63. The minimum Gasteiger partial charge on any atom is -0.360 e. The van der Waals surface area contributed by atoms with Crippen molar-refractivity contribution in [3.05, 3.63) is 36.2 Å². The predicted octanol–water partition coefficient (Wildman–Crippen LogP) is 2.31. The van der Waals surface area contributed by atoms with E-state index in [-0.39, 0.29) is 0 Å². The van der Waals surface area contributed by atoms with Gasteiger partial charge in [-0.25, -0.2) is 4.98 Å². The Labute approximate surface area is 108 Å². The van der Waals surface area contributed by atoms with Gasteiger partial charge in [-0.15, -0.1) is 5.10 Å². The van der Waals surface area contributed by atoms with Crippen LogP contribution in [0.4, 0.5) is 5.13 Å². The highest BCUT2D eigenvalue weighted by atomic mass is 32.1. The Balaban J connectivity index is 1.67. The molecule has 1 aromatic carbocycles. The molecule has 3 rings (SSSR count). The van der Waals surface area contributed by atoms with Gasteiger partial charge in [0.05, 0.1) is 23.0 Å². The Bertz CT molecular complexity index is 644. The molecule has 0 spiro atoms. The van der Waals surface area contributed by atoms with E-state index < -0.39 is 0 Å². The van der Waals surface area contributed by atoms with E-state index in [2.05, 4.69) is 45.7 Å². The quantitative estimate of drug-likeness (QED) is 0.781. The second-order valence-corrected chi connectivity index (χ2v) is 5.11. The van der Waals surface area contributed by atoms with Crippen LogP contribution in [-0.4, -0.2) is 26.5 Å². The van der Waals surface area contributed by atoms with E-state index in [1.54, 1.807) is 22.2 Å². The molecule has 0 atom stereocenters. The number of nitrogens with zero attached hydrogens (tertiary/aromatic N) is 4. The van der Waals surface area contributed by atoms with Crippen molar-refractivity contribution in [2.24, 2.45) is 0 Å². The van der Waals surface area contributed by atoms with E-state index in [9.17, 15) is 0 Å². The number of aromatic nitrogens is 4. The van der Waals surface area contributed by atoms with Gasteiger partial charge in [-0.05, 0) is 24.6 Å². The standard InChI is InChI=1S/C12H13N5S/c1-9-2-3-11-10(8-9)15-12(18-11)13-4-6-17-7-5-14-16-17/h2-3,5,7-8H,4,6H2,1H3,(H,13,15). The van der Waals surface area contributed by atoms with Crippen molar-refractivity contribution in [1.29, 1.82) is 0 Å². The number of hydrogen-bond acceptors (Lipinski definition) is 5. The molecule has 18 heavy (non-hydrogen) atoms. The highest BCUT2D eigenvalue weighted by Gasteiger charge is 2.03. The molecule has 2 aromatic heterocycles. The van der Waals surface area contributed by atoms with E-state index in [1.807, 2.05) is 6.20 Å². The van der Waals surface area contributed by atoms with Crippen LogP contribution >= 0.6 is 11.3 Å². The van der Waals surface area contributed by atoms with E-state index in [0.29, 0.717) is 0 Å². The monoisotopic (exact) mass is 259 g/mol. The van der Waals surface area contributed by atoms with Gasteiger partial charge in [0, 0.05) is 12.7 Å². The van der Waals surface area contributed by atoms with Gasteiger partial charge in [0.2, 0.25) is 0 Å². The average molecular weight is 259 g/mol. The van der Waals surface area contributed by atoms with Gasteiger partial charge in [0.1, 0.15) is 0 Å². The maximum atomic E-state index is 4.55. The Morgan fingerprint density at radius 2 is 2.33 bits per heavy atom. The van der Waals surface area contributed by atoms with E-state index >= 15 is 0 Å². The molecule has 92 valence electrons. The smallest absolute Gasteiger partial charge is 0.183 e. The van der Waals surface area contributed by atoms with E-state index in [1.165, 1.54) is 10.3 Å². The van der Waals surface area contributed by atoms with Crippen molar-refractivity contribution in [2.45, 2.75) is 13.5 Å². The van der Waals surface area contributed by atoms with Crippen molar-refractivity contribution in [3.63, 3.8) is 0 Å². The molecule has 0 bridgehead atoms. The number of thiazole rings is 1. The molecule has 2 heterocycles. The summed E-state index contributed by atoms with van der Waals surface area (Å²) >= 11 is 1.68. The fraction of sp³-hybridized carbons (Fsp3) is 0.250. The molecule has 5 nitrogen and oxygen atoms in total. The van der Waals surface area contributed by atoms with Crippen molar-refractivity contribution < 1.29 is 0 Å². The summed E-state index contributed by atoms with van der Waals surface area (Å²) in [4.78, 5) is 4.55. The maximum Gasteiger partial charge on any atom is 0.183 e. The molecule has 0 radical (unpaired) electrons. The molecule has 0 aliphatic carbocycles. The summed E-state index contributed by atoms with van der Waals surface area (Å²) in [5, 5.41) is 11.9. The summed E-state index contributed by atoms with van der Waals surface area (Å²) in [6.07, 6.45) is 3.53. The largest absolute Gasteiger partial charge is 0.360 e. The number of aryl methyl sites for hydroxylation is 1. The first-order valence-corrected chi connectivity index (χ1v) is 6.58. The molecule has 0 aliphatic rings. The predicted molar refractivity (Wildman–Crippen MR) is 72.9 cm³/mol. The van der Waals surface area contributed by atoms with Crippen molar-refractivity contribution >= 4 is 26.7 Å². The first-order chi connectivity index (χ1) is 8.81. The second kappa shape index (κ2) is 4.73. The van der Waals surface area contributed by atoms with Crippen molar-refractivity contribution in [3.8, 4) is 0 Å². The highest BCUT2D eigenvalue weighted by molar-refractivity contribution is 7.22. The highest BCUT2D eigenvalue weighted by Crippen LogP contribution is 2.26. The van der Waals surface area contributed by atoms with Crippen LogP contribution in [0.1, 0.15) is 5.56 Å². The molecule has 0 saturated heterocycles. The number of benzene rings is 1. The molecule has 0 saturated carbocycles. The van der Waals surface area contributed by atoms with Crippen molar-refractivity contribution in [1.82, 2.24) is 20.0 Å². The lowest BCUT2D eigenvalue weighted by molar-refractivity contribution is 0.609. The maximum absolute atomic E-state index is 4.55. The molecular formula is C12H13N5S. The molecule has 0 fully saturated rings. The second-order valence-electron chi connectivity index (χ2n) is 4.08. The van der Waals surface area contributed by atoms with Crippen LogP contribution in [0.3, 0.4) is 0 Å². The van der Waals surface area contributed by atoms with Gasteiger partial charge in [0.25, 0.3) is 0 Å². The minimum atomic E-state index is 0.787. The lowest BCUT2D eigenvalue weighted by atomic mass is 10.2. The Morgan fingerprint density at radius 1 is 1.39 bits per heavy atom. The fourth-order valence-corrected chi connectivity index (χ4v) is 2.61. The molecular weight excluding hydrogens is 246 g/mol. The summed E-state index contributed by atoms with van der Waals surface area (Å²) in [6, 6.07) is 6.33. The number of nitrogens with one attached hydrogen (secondary N) is 1. The lowest BCUT2D eigenvalue weighted by Crippen LogP contribution is -2.10. The average Bonchev–Trinajstić information content (AvgIpc) is 2.97. The summed E-state index contributed by atoms with van der Waals surface area (Å²) < 4.78 is 3.01. The fourth-order valence-electron chi connectivity index (χ4n) is 1.74. The zero-order valence-electron chi connectivity index (χ0n) is 10.00. The molecule has 1 N–H and O–H groups in total. The van der Waals surface area contributed by atoms with Gasteiger partial charge < -0.3 is 5.32 Å². The Kier molecular flexibility index (Phi) is 2.93. The number of anilines is 1. The van der Waals surface area contributed by atoms with Crippen LogP contribution in [-0.2, 0) is 6.54 Å². The summed E-state index contributed by atoms with van der Waals surface area (Å²) in [7, 11) is 0. The summed E-state index contributed by atoms with van der Waals surface area (Å²) in [5.74, 6) is 0. The van der Waals surface area contributed by atoms with Crippen molar-refractivity contribution in [2.75, 3.05) is 11.9 Å². The zero-order valence-corrected chi connectivity index (χ0v) is 10.8. The molecule has 3 aromatic rings. The van der Waals surface area contributed by atoms with Gasteiger partial charge in [-0.3, -0.25) is 4.68 Å². The first kappa shape index (κ1) is 11.2. The SMILES string of the molecule is Cc1ccc2sc(NCCn3ccnn3)nc2c1. The van der Waals surface area contributed by atoms with Gasteiger partial charge >= 0.3 is 0 Å². The third kappa shape index (κ3) is 2.33. The summed E-state index contributed by atoms with van der Waals surface area (Å²) in [6.45, 7) is 3.66. The molecule has 0 amide bonds. The number of rotatable bonds is 4. The van der Waals surface area contributed by atoms with Crippen LogP contribution in [0, 0.1) is 6.92 Å². The molecule has 0 unspecified atom stereocenters. The number of fused-ring (bicyclic) bond motifs is 1. The van der Waals surface area contributed by atoms with Gasteiger partial charge in [-0.1, -0.05) is 22.6 Å². The lowest BCUT2D eigenvalue weighted by Gasteiger charge is -2.01. The van der Waals surface area contributed by atoms with Crippen LogP contribution < -0.4 is 5.32 Å². The van der Waals surface area contributed by atoms with E-state index in [0.717, 1.165) is 23.7 Å². The number of hydrogen-bond donors (Lipinski definition) is 1. The van der Waals surface area contributed by atoms with Crippen LogP contribution in [0.15, 0.2) is 30.6 Å². The van der Waals surface area contributed by atoms with Gasteiger partial charge in [-0.2, -0.15) is 0 Å². The molecule has 0 aliphatic heterocycles. The normalized spacial score (nSPS) is 10.9. The minimum absolute atomic E-state index is 0.787.